The summed E-state index contributed by atoms with van der Waals surface area (Å²) in [6.07, 6.45) is 0. The minimum Gasteiger partial charge on any atom is -0.545 e. The summed E-state index contributed by atoms with van der Waals surface area (Å²) in [6, 6.07) is 5.31. The first-order valence-electron chi connectivity index (χ1n) is 4.30. The van der Waals surface area contributed by atoms with Crippen molar-refractivity contribution < 1.29 is 59.6 Å². The summed E-state index contributed by atoms with van der Waals surface area (Å²) in [4.78, 5) is 20.8. The van der Waals surface area contributed by atoms with Gasteiger partial charge in [-0.15, -0.1) is 0 Å². The molecule has 0 heterocycles. The largest absolute Gasteiger partial charge is 1.00 e. The number of hydrogen-bond donors (Lipinski definition) is 3. The Labute approximate surface area is 120 Å². The van der Waals surface area contributed by atoms with Crippen LogP contribution < -0.4 is 34.7 Å². The molecule has 0 aromatic heterocycles. The number of carboxylic acid groups (broad SMARTS) is 2. The fourth-order valence-corrected chi connectivity index (χ4v) is 0.848. The third-order valence-electron chi connectivity index (χ3n) is 1.48. The quantitative estimate of drug-likeness (QED) is 0.467. The summed E-state index contributed by atoms with van der Waals surface area (Å²) in [7, 11) is 0. The minimum atomic E-state index is -1.48. The molecule has 88 valence electrons. The van der Waals surface area contributed by atoms with Crippen molar-refractivity contribution in [3.8, 4) is 0 Å². The first kappa shape index (κ1) is 18.4. The number of hydrogen-bond acceptors (Lipinski definition) is 5. The molecule has 0 fully saturated rings. The number of carbonyl (C=O) groups excluding carboxylic acids is 1. The monoisotopic (exact) mass is 250 g/mol. The van der Waals surface area contributed by atoms with E-state index in [0.29, 0.717) is 0 Å². The number of carboxylic acids is 2. The Morgan fingerprint density at radius 2 is 1.47 bits per heavy atom. The van der Waals surface area contributed by atoms with Crippen LogP contribution in [-0.2, 0) is 0 Å². The number of aliphatic hydroxyl groups is 2. The molecule has 0 saturated heterocycles. The molecule has 1 aromatic rings. The summed E-state index contributed by atoms with van der Waals surface area (Å²) in [5.74, 6) is -2.75. The zero-order valence-corrected chi connectivity index (χ0v) is 11.3. The zero-order valence-electron chi connectivity index (χ0n) is 9.29. The van der Waals surface area contributed by atoms with Crippen LogP contribution in [-0.4, -0.2) is 40.5 Å². The van der Waals surface area contributed by atoms with Gasteiger partial charge in [0.1, 0.15) is 0 Å². The molecule has 1 aromatic carbocycles. The number of carbonyl (C=O) groups is 2. The van der Waals surface area contributed by atoms with Crippen LogP contribution in [0.15, 0.2) is 24.3 Å². The number of aromatic carboxylic acids is 2. The van der Waals surface area contributed by atoms with Gasteiger partial charge in [0.2, 0.25) is 0 Å². The molecule has 0 aliphatic heterocycles. The van der Waals surface area contributed by atoms with Crippen molar-refractivity contribution in [3.63, 3.8) is 0 Å². The van der Waals surface area contributed by atoms with Gasteiger partial charge >= 0.3 is 35.5 Å². The van der Waals surface area contributed by atoms with Crippen molar-refractivity contribution >= 4 is 11.9 Å². The minimum absolute atomic E-state index is 0. The molecule has 0 aliphatic carbocycles. The summed E-state index contributed by atoms with van der Waals surface area (Å²) in [5.41, 5.74) is -0.553. The molecule has 0 bridgehead atoms. The Balaban J connectivity index is 0. The van der Waals surface area contributed by atoms with Gasteiger partial charge in [0.25, 0.3) is 0 Å². The molecular formula is C10H11NaO6. The Hall–Kier alpha value is -0.920. The average Bonchev–Trinajstić information content (AvgIpc) is 2.29. The second-order valence-electron chi connectivity index (χ2n) is 2.59. The van der Waals surface area contributed by atoms with Crippen LogP contribution in [0.1, 0.15) is 20.7 Å². The fraction of sp³-hybridized carbons (Fsp3) is 0.200. The van der Waals surface area contributed by atoms with E-state index in [0.717, 1.165) is 0 Å². The smallest absolute Gasteiger partial charge is 0.545 e. The molecule has 0 aliphatic rings. The Bertz CT molecular complexity index is 331. The second-order valence-corrected chi connectivity index (χ2v) is 2.59. The SMILES string of the molecule is O=C([O-])c1ccccc1C(=O)O.OCCO.[Na+]. The van der Waals surface area contributed by atoms with Gasteiger partial charge in [-0.2, -0.15) is 0 Å². The van der Waals surface area contributed by atoms with Gasteiger partial charge in [-0.05, 0) is 6.07 Å². The van der Waals surface area contributed by atoms with Crippen LogP contribution in [0.3, 0.4) is 0 Å². The maximum absolute atomic E-state index is 10.4. The van der Waals surface area contributed by atoms with Crippen LogP contribution in [0.25, 0.3) is 0 Å². The molecule has 0 unspecified atom stereocenters. The number of rotatable bonds is 3. The molecular weight excluding hydrogens is 239 g/mol. The number of aliphatic hydroxyl groups excluding tert-OH is 2. The van der Waals surface area contributed by atoms with Gasteiger partial charge in [-0.3, -0.25) is 0 Å². The Morgan fingerprint density at radius 1 is 1.06 bits per heavy atom. The molecule has 3 N–H and O–H groups in total. The van der Waals surface area contributed by atoms with Crippen LogP contribution in [0.4, 0.5) is 0 Å². The Kier molecular flexibility index (Phi) is 11.1. The van der Waals surface area contributed by atoms with E-state index in [1.165, 1.54) is 24.3 Å². The third kappa shape index (κ3) is 7.09. The maximum Gasteiger partial charge on any atom is 1.00 e. The van der Waals surface area contributed by atoms with Crippen molar-refractivity contribution in [1.82, 2.24) is 0 Å². The van der Waals surface area contributed by atoms with Crippen molar-refractivity contribution in [3.05, 3.63) is 35.4 Å². The van der Waals surface area contributed by atoms with Gasteiger partial charge in [-0.1, -0.05) is 18.2 Å². The normalized spacial score (nSPS) is 8.35. The van der Waals surface area contributed by atoms with E-state index in [1.54, 1.807) is 0 Å². The molecule has 6 nitrogen and oxygen atoms in total. The van der Waals surface area contributed by atoms with Crippen LogP contribution in [0.2, 0.25) is 0 Å². The fourth-order valence-electron chi connectivity index (χ4n) is 0.848. The molecule has 7 heteroatoms. The van der Waals surface area contributed by atoms with E-state index in [-0.39, 0.29) is 53.9 Å². The van der Waals surface area contributed by atoms with E-state index in [9.17, 15) is 14.7 Å². The van der Waals surface area contributed by atoms with Crippen LogP contribution in [0, 0.1) is 0 Å². The van der Waals surface area contributed by atoms with E-state index < -0.39 is 11.9 Å². The first-order chi connectivity index (χ1) is 7.54. The average molecular weight is 250 g/mol. The Morgan fingerprint density at radius 3 is 1.71 bits per heavy atom. The predicted octanol–water partition coefficient (Wildman–Crippen LogP) is -4.28. The zero-order chi connectivity index (χ0) is 12.6. The molecule has 0 saturated carbocycles. The standard InChI is InChI=1S/C8H6O4.C2H6O2.Na/c9-7(10)5-3-1-2-4-6(5)8(11)12;3-1-2-4;/h1-4H,(H,9,10)(H,11,12);3-4H,1-2H2;/q;;+1/p-1. The summed E-state index contributed by atoms with van der Waals surface area (Å²) >= 11 is 0. The van der Waals surface area contributed by atoms with Gasteiger partial charge in [0.05, 0.1) is 24.7 Å². The summed E-state index contributed by atoms with van der Waals surface area (Å²) in [5, 5.41) is 34.1. The van der Waals surface area contributed by atoms with E-state index in [1.807, 2.05) is 0 Å². The molecule has 0 amide bonds. The third-order valence-corrected chi connectivity index (χ3v) is 1.48. The maximum atomic E-state index is 10.4. The van der Waals surface area contributed by atoms with Crippen molar-refractivity contribution in [2.45, 2.75) is 0 Å². The van der Waals surface area contributed by atoms with Crippen LogP contribution in [0.5, 0.6) is 0 Å². The van der Waals surface area contributed by atoms with Crippen molar-refractivity contribution in [2.75, 3.05) is 13.2 Å². The molecule has 1 rings (SSSR count). The predicted molar refractivity (Wildman–Crippen MR) is 51.9 cm³/mol. The molecule has 0 radical (unpaired) electrons. The molecule has 0 spiro atoms. The van der Waals surface area contributed by atoms with Gasteiger partial charge in [-0.25, -0.2) is 4.79 Å². The topological polar surface area (TPSA) is 118 Å². The van der Waals surface area contributed by atoms with Crippen LogP contribution >= 0.6 is 0 Å². The molecule has 17 heavy (non-hydrogen) atoms. The second kappa shape index (κ2) is 10.2. The summed E-state index contributed by atoms with van der Waals surface area (Å²) in [6.45, 7) is -0.250. The van der Waals surface area contributed by atoms with E-state index >= 15 is 0 Å². The van der Waals surface area contributed by atoms with E-state index in [2.05, 4.69) is 0 Å². The summed E-state index contributed by atoms with van der Waals surface area (Å²) < 4.78 is 0. The van der Waals surface area contributed by atoms with Crippen molar-refractivity contribution in [1.29, 1.82) is 0 Å². The van der Waals surface area contributed by atoms with Crippen molar-refractivity contribution in [2.24, 2.45) is 0 Å². The van der Waals surface area contributed by atoms with Gasteiger partial charge in [0.15, 0.2) is 0 Å². The van der Waals surface area contributed by atoms with E-state index in [4.69, 9.17) is 15.3 Å². The van der Waals surface area contributed by atoms with Gasteiger partial charge < -0.3 is 25.2 Å². The van der Waals surface area contributed by atoms with Gasteiger partial charge in [0, 0.05) is 5.56 Å². The first-order valence-corrected chi connectivity index (χ1v) is 4.30. The number of benzene rings is 1. The molecule has 0 atom stereocenters.